The van der Waals surface area contributed by atoms with Crippen LogP contribution >= 0.6 is 11.8 Å². The number of methoxy groups -OCH3 is 1. The molecular weight excluding hydrogens is 352 g/mol. The normalized spacial score (nSPS) is 20.2. The first kappa shape index (κ1) is 18.3. The standard InChI is InChI=1S/C18H26N2O3SSi/c1-18(2,3)25(5,6)23-16-8-14-13(7-15(16)22-4)17(21)20-11-24-10-12(20)9-19-14/h7-9,12H,10-11H2,1-6H3/t12-/m1/s1. The van der Waals surface area contributed by atoms with Crippen LogP contribution < -0.4 is 9.16 Å². The molecule has 2 aliphatic heterocycles. The molecule has 1 amide bonds. The summed E-state index contributed by atoms with van der Waals surface area (Å²) in [6.07, 6.45) is 1.88. The molecule has 0 N–H and O–H groups in total. The van der Waals surface area contributed by atoms with Crippen molar-refractivity contribution in [3.05, 3.63) is 17.7 Å². The summed E-state index contributed by atoms with van der Waals surface area (Å²) in [4.78, 5) is 19.3. The first-order valence-corrected chi connectivity index (χ1v) is 12.5. The van der Waals surface area contributed by atoms with Gasteiger partial charge in [-0.3, -0.25) is 9.79 Å². The fraction of sp³-hybridized carbons (Fsp3) is 0.556. The van der Waals surface area contributed by atoms with Crippen molar-refractivity contribution in [1.29, 1.82) is 0 Å². The molecule has 0 unspecified atom stereocenters. The van der Waals surface area contributed by atoms with E-state index in [-0.39, 0.29) is 17.0 Å². The van der Waals surface area contributed by atoms with Gasteiger partial charge in [-0.15, -0.1) is 11.8 Å². The monoisotopic (exact) mass is 378 g/mol. The summed E-state index contributed by atoms with van der Waals surface area (Å²) in [5.74, 6) is 2.89. The average Bonchev–Trinajstić information content (AvgIpc) is 2.95. The predicted molar refractivity (Wildman–Crippen MR) is 106 cm³/mol. The molecule has 0 aromatic heterocycles. The van der Waals surface area contributed by atoms with Crippen molar-refractivity contribution in [2.24, 2.45) is 4.99 Å². The molecule has 0 saturated carbocycles. The molecule has 0 bridgehead atoms. The number of nitrogens with zero attached hydrogens (tertiary/aromatic N) is 2. The molecule has 1 aromatic carbocycles. The van der Waals surface area contributed by atoms with Crippen LogP contribution in [0.3, 0.4) is 0 Å². The maximum absolute atomic E-state index is 12.9. The van der Waals surface area contributed by atoms with Gasteiger partial charge < -0.3 is 14.1 Å². The second kappa shape index (κ2) is 6.36. The number of fused-ring (bicyclic) bond motifs is 2. The lowest BCUT2D eigenvalue weighted by atomic mass is 10.1. The van der Waals surface area contributed by atoms with Gasteiger partial charge in [0.15, 0.2) is 5.75 Å². The number of rotatable bonds is 3. The summed E-state index contributed by atoms with van der Waals surface area (Å²) in [6.45, 7) is 11.0. The highest BCUT2D eigenvalue weighted by Crippen LogP contribution is 2.43. The van der Waals surface area contributed by atoms with Crippen molar-refractivity contribution in [2.75, 3.05) is 18.7 Å². The zero-order valence-electron chi connectivity index (χ0n) is 15.8. The molecule has 2 heterocycles. The summed E-state index contributed by atoms with van der Waals surface area (Å²) in [7, 11) is -0.411. The van der Waals surface area contributed by atoms with E-state index in [0.29, 0.717) is 28.6 Å². The molecule has 7 heteroatoms. The predicted octanol–water partition coefficient (Wildman–Crippen LogP) is 4.31. The highest BCUT2D eigenvalue weighted by molar-refractivity contribution is 7.99. The Balaban J connectivity index is 2.03. The second-order valence-electron chi connectivity index (χ2n) is 8.00. The topological polar surface area (TPSA) is 51.1 Å². The van der Waals surface area contributed by atoms with Gasteiger partial charge in [-0.1, -0.05) is 20.8 Å². The smallest absolute Gasteiger partial charge is 0.257 e. The molecule has 1 atom stereocenters. The van der Waals surface area contributed by atoms with Crippen LogP contribution in [-0.4, -0.2) is 50.1 Å². The molecule has 0 aliphatic carbocycles. The lowest BCUT2D eigenvalue weighted by Crippen LogP contribution is -2.44. The van der Waals surface area contributed by atoms with E-state index < -0.39 is 8.32 Å². The first-order chi connectivity index (χ1) is 11.6. The van der Waals surface area contributed by atoms with Gasteiger partial charge in [0.1, 0.15) is 5.75 Å². The number of hydrogen-bond acceptors (Lipinski definition) is 5. The summed E-state index contributed by atoms with van der Waals surface area (Å²) in [5.41, 5.74) is 1.25. The van der Waals surface area contributed by atoms with Gasteiger partial charge in [-0.05, 0) is 24.2 Å². The van der Waals surface area contributed by atoms with Crippen molar-refractivity contribution in [2.45, 2.75) is 44.9 Å². The van der Waals surface area contributed by atoms with Crippen LogP contribution in [0, 0.1) is 0 Å². The van der Waals surface area contributed by atoms with Gasteiger partial charge in [0.05, 0.1) is 30.3 Å². The van der Waals surface area contributed by atoms with Crippen molar-refractivity contribution in [3.63, 3.8) is 0 Å². The summed E-state index contributed by atoms with van der Waals surface area (Å²) < 4.78 is 12.0. The van der Waals surface area contributed by atoms with Crippen LogP contribution in [0.4, 0.5) is 5.69 Å². The van der Waals surface area contributed by atoms with E-state index in [0.717, 1.165) is 5.75 Å². The molecule has 136 valence electrons. The molecule has 2 aliphatic rings. The Labute approximate surface area is 154 Å². The fourth-order valence-electron chi connectivity index (χ4n) is 2.61. The Bertz CT molecular complexity index is 728. The van der Waals surface area contributed by atoms with Gasteiger partial charge in [-0.2, -0.15) is 0 Å². The van der Waals surface area contributed by atoms with E-state index in [2.05, 4.69) is 38.9 Å². The molecule has 25 heavy (non-hydrogen) atoms. The number of hydrogen-bond donors (Lipinski definition) is 0. The van der Waals surface area contributed by atoms with Crippen LogP contribution in [-0.2, 0) is 0 Å². The Hall–Kier alpha value is -1.47. The minimum Gasteiger partial charge on any atom is -0.541 e. The molecular formula is C18H26N2O3SSi. The van der Waals surface area contributed by atoms with Gasteiger partial charge in [0, 0.05) is 18.0 Å². The van der Waals surface area contributed by atoms with Gasteiger partial charge >= 0.3 is 0 Å². The van der Waals surface area contributed by atoms with Crippen molar-refractivity contribution >= 4 is 37.9 Å². The number of carbonyl (C=O) groups is 1. The van der Waals surface area contributed by atoms with Gasteiger partial charge in [-0.25, -0.2) is 0 Å². The largest absolute Gasteiger partial charge is 0.541 e. The molecule has 0 spiro atoms. The summed E-state index contributed by atoms with van der Waals surface area (Å²) in [6, 6.07) is 3.71. The third-order valence-corrected chi connectivity index (χ3v) is 10.6. The van der Waals surface area contributed by atoms with Crippen LogP contribution in [0.15, 0.2) is 17.1 Å². The average molecular weight is 379 g/mol. The van der Waals surface area contributed by atoms with E-state index >= 15 is 0 Å². The number of benzene rings is 1. The maximum Gasteiger partial charge on any atom is 0.257 e. The molecule has 5 nitrogen and oxygen atoms in total. The lowest BCUT2D eigenvalue weighted by molar-refractivity contribution is 0.0784. The number of carbonyl (C=O) groups excluding carboxylic acids is 1. The van der Waals surface area contributed by atoms with E-state index in [1.54, 1.807) is 24.9 Å². The second-order valence-corrected chi connectivity index (χ2v) is 13.7. The Morgan fingerprint density at radius 2 is 2.00 bits per heavy atom. The third-order valence-electron chi connectivity index (χ3n) is 5.25. The molecule has 1 aromatic rings. The highest BCUT2D eigenvalue weighted by Gasteiger charge is 2.40. The third kappa shape index (κ3) is 3.31. The van der Waals surface area contributed by atoms with Crippen LogP contribution in [0.1, 0.15) is 31.1 Å². The number of amides is 1. The minimum absolute atomic E-state index is 0.0136. The van der Waals surface area contributed by atoms with Crippen LogP contribution in [0.2, 0.25) is 18.1 Å². The van der Waals surface area contributed by atoms with E-state index in [1.807, 2.05) is 17.2 Å². The maximum atomic E-state index is 12.9. The number of thioether (sulfide) groups is 1. The number of ether oxygens (including phenoxy) is 1. The van der Waals surface area contributed by atoms with Crippen molar-refractivity contribution < 1.29 is 14.0 Å². The Morgan fingerprint density at radius 3 is 2.64 bits per heavy atom. The summed E-state index contributed by atoms with van der Waals surface area (Å²) >= 11 is 1.75. The van der Waals surface area contributed by atoms with Crippen LogP contribution in [0.25, 0.3) is 0 Å². The first-order valence-electron chi connectivity index (χ1n) is 8.48. The van der Waals surface area contributed by atoms with Crippen molar-refractivity contribution in [3.8, 4) is 11.5 Å². The lowest BCUT2D eigenvalue weighted by Gasteiger charge is -2.36. The summed E-state index contributed by atoms with van der Waals surface area (Å²) in [5, 5.41) is 0.0733. The zero-order chi connectivity index (χ0) is 18.4. The number of aliphatic imine (C=N–C) groups is 1. The fourth-order valence-corrected chi connectivity index (χ4v) is 4.74. The minimum atomic E-state index is -2.02. The van der Waals surface area contributed by atoms with Crippen LogP contribution in [0.5, 0.6) is 11.5 Å². The van der Waals surface area contributed by atoms with Crippen molar-refractivity contribution in [1.82, 2.24) is 4.90 Å². The quantitative estimate of drug-likeness (QED) is 0.736. The van der Waals surface area contributed by atoms with E-state index in [9.17, 15) is 4.79 Å². The molecule has 1 fully saturated rings. The Kier molecular flexibility index (Phi) is 4.66. The SMILES string of the molecule is COc1cc2c(cc1O[Si](C)(C)C(C)(C)C)N=C[C@@H]1CSCN1C2=O. The highest BCUT2D eigenvalue weighted by atomic mass is 32.2. The Morgan fingerprint density at radius 1 is 1.28 bits per heavy atom. The van der Waals surface area contributed by atoms with Gasteiger partial charge in [0.25, 0.3) is 14.2 Å². The molecule has 0 radical (unpaired) electrons. The van der Waals surface area contributed by atoms with Gasteiger partial charge in [0.2, 0.25) is 0 Å². The zero-order valence-corrected chi connectivity index (χ0v) is 17.6. The van der Waals surface area contributed by atoms with E-state index in [1.165, 1.54) is 0 Å². The molecule has 3 rings (SSSR count). The van der Waals surface area contributed by atoms with E-state index in [4.69, 9.17) is 9.16 Å². The molecule has 1 saturated heterocycles.